The first-order valence-corrected chi connectivity index (χ1v) is 11.7. The summed E-state index contributed by atoms with van der Waals surface area (Å²) in [7, 11) is 0. The molecular formula is C26H27F3N4O2. The van der Waals surface area contributed by atoms with Gasteiger partial charge in [-0.05, 0) is 61.8 Å². The molecule has 0 unspecified atom stereocenters. The van der Waals surface area contributed by atoms with Crippen LogP contribution in [0.25, 0.3) is 11.3 Å². The van der Waals surface area contributed by atoms with Crippen LogP contribution in [0, 0.1) is 28.8 Å². The normalized spacial score (nSPS) is 25.2. The Labute approximate surface area is 201 Å². The fraction of sp³-hybridized carbons (Fsp3) is 0.423. The number of halogens is 3. The Morgan fingerprint density at radius 2 is 2.00 bits per heavy atom. The van der Waals surface area contributed by atoms with Gasteiger partial charge < -0.3 is 15.0 Å². The Bertz CT molecular complexity index is 1230. The molecule has 3 atom stereocenters. The van der Waals surface area contributed by atoms with E-state index in [4.69, 9.17) is 4.74 Å². The number of carbonyl (C=O) groups excluding carboxylic acids is 1. The van der Waals surface area contributed by atoms with Gasteiger partial charge >= 0.3 is 6.09 Å². The van der Waals surface area contributed by atoms with Crippen LogP contribution in [0.15, 0.2) is 48.1 Å². The molecule has 2 heterocycles. The van der Waals surface area contributed by atoms with E-state index in [-0.39, 0.29) is 28.8 Å². The van der Waals surface area contributed by atoms with Gasteiger partial charge in [0.15, 0.2) is 11.6 Å². The van der Waals surface area contributed by atoms with Gasteiger partial charge in [0, 0.05) is 30.8 Å². The summed E-state index contributed by atoms with van der Waals surface area (Å²) in [5.74, 6) is -2.50. The first kappa shape index (κ1) is 23.4. The fourth-order valence-electron chi connectivity index (χ4n) is 5.39. The number of fused-ring (bicyclic) bond motifs is 1. The van der Waals surface area contributed by atoms with E-state index in [0.717, 1.165) is 24.5 Å². The first-order chi connectivity index (χ1) is 16.5. The summed E-state index contributed by atoms with van der Waals surface area (Å²) in [6.45, 7) is 7.22. The van der Waals surface area contributed by atoms with Crippen LogP contribution in [0.5, 0.6) is 0 Å². The molecule has 1 aliphatic heterocycles. The maximum Gasteiger partial charge on any atom is 0.410 e. The zero-order valence-corrected chi connectivity index (χ0v) is 19.8. The van der Waals surface area contributed by atoms with Gasteiger partial charge in [0.05, 0.1) is 5.69 Å². The van der Waals surface area contributed by atoms with Crippen molar-refractivity contribution in [3.63, 3.8) is 0 Å². The molecule has 0 radical (unpaired) electrons. The van der Waals surface area contributed by atoms with E-state index >= 15 is 0 Å². The Balaban J connectivity index is 1.19. The van der Waals surface area contributed by atoms with Crippen LogP contribution in [0.3, 0.4) is 0 Å². The van der Waals surface area contributed by atoms with Crippen molar-refractivity contribution in [2.24, 2.45) is 11.3 Å². The summed E-state index contributed by atoms with van der Waals surface area (Å²) in [6.07, 6.45) is 7.23. The monoisotopic (exact) mass is 484 g/mol. The topological polar surface area (TPSA) is 67.3 Å². The van der Waals surface area contributed by atoms with Gasteiger partial charge in [-0.15, -0.1) is 10.2 Å². The molecule has 1 saturated heterocycles. The number of likely N-dealkylation sites (tertiary alicyclic amines) is 1. The number of hydrogen-bond acceptors (Lipinski definition) is 5. The molecule has 1 aromatic carbocycles. The second-order valence-electron chi connectivity index (χ2n) is 10.4. The Kier molecular flexibility index (Phi) is 5.61. The van der Waals surface area contributed by atoms with Crippen LogP contribution in [0.2, 0.25) is 0 Å². The molecule has 2 aliphatic carbocycles. The third-order valence-electron chi connectivity index (χ3n) is 7.39. The maximum absolute atomic E-state index is 14.0. The van der Waals surface area contributed by atoms with Gasteiger partial charge in [0.25, 0.3) is 0 Å². The highest BCUT2D eigenvalue weighted by molar-refractivity contribution is 5.69. The van der Waals surface area contributed by atoms with Gasteiger partial charge in [-0.2, -0.15) is 0 Å². The van der Waals surface area contributed by atoms with Crippen molar-refractivity contribution in [3.05, 3.63) is 65.5 Å². The lowest BCUT2D eigenvalue weighted by atomic mass is 9.83. The SMILES string of the molecule is CC(C)(OC(=O)N1C[C@H]2C[C@H](Nc3ccc(-c4cc(F)cc(F)c4F)nn3)C[C@@]2(C)C1)C1=CC=C1. The van der Waals surface area contributed by atoms with E-state index in [2.05, 4.69) is 22.4 Å². The van der Waals surface area contributed by atoms with E-state index in [1.165, 1.54) is 6.07 Å². The van der Waals surface area contributed by atoms with Crippen molar-refractivity contribution in [3.8, 4) is 11.3 Å². The molecule has 3 aliphatic rings. The van der Waals surface area contributed by atoms with Crippen molar-refractivity contribution < 1.29 is 22.7 Å². The van der Waals surface area contributed by atoms with Gasteiger partial charge in [-0.25, -0.2) is 18.0 Å². The van der Waals surface area contributed by atoms with Gasteiger partial charge in [-0.3, -0.25) is 0 Å². The molecule has 184 valence electrons. The third-order valence-corrected chi connectivity index (χ3v) is 7.39. The number of anilines is 1. The number of hydrogen-bond donors (Lipinski definition) is 1. The second-order valence-corrected chi connectivity index (χ2v) is 10.4. The number of ether oxygens (including phenoxy) is 1. The molecule has 1 amide bonds. The number of amides is 1. The summed E-state index contributed by atoms with van der Waals surface area (Å²) < 4.78 is 46.9. The lowest BCUT2D eigenvalue weighted by molar-refractivity contribution is 0.0383. The second kappa shape index (κ2) is 8.39. The van der Waals surface area contributed by atoms with Crippen molar-refractivity contribution in [1.82, 2.24) is 15.1 Å². The third kappa shape index (κ3) is 4.39. The van der Waals surface area contributed by atoms with Crippen molar-refractivity contribution >= 4 is 11.9 Å². The number of rotatable bonds is 5. The Morgan fingerprint density at radius 3 is 2.63 bits per heavy atom. The van der Waals surface area contributed by atoms with Crippen molar-refractivity contribution in [1.29, 1.82) is 0 Å². The molecule has 2 fully saturated rings. The standard InChI is InChI=1S/C26H27F3N4O2/c1-25(2,15-5-4-6-15)35-24(34)33-13-16-9-18(12-26(16,3)14-33)30-22-8-7-21(31-32-22)19-10-17(27)11-20(28)23(19)29/h4-8,10-11,16,18H,9,12-14H2,1-3H3,(H,30,32)/t16-,18+,26+/m1/s1. The molecule has 0 spiro atoms. The molecule has 0 bridgehead atoms. The highest BCUT2D eigenvalue weighted by Crippen LogP contribution is 2.49. The number of aromatic nitrogens is 2. The van der Waals surface area contributed by atoms with Gasteiger partial charge in [-0.1, -0.05) is 25.2 Å². The van der Waals surface area contributed by atoms with Crippen molar-refractivity contribution in [2.75, 3.05) is 18.4 Å². The summed E-state index contributed by atoms with van der Waals surface area (Å²) in [5, 5.41) is 11.4. The molecule has 1 saturated carbocycles. The average Bonchev–Trinajstić information content (AvgIpc) is 3.20. The first-order valence-electron chi connectivity index (χ1n) is 11.7. The molecule has 2 aromatic rings. The van der Waals surface area contributed by atoms with Crippen LogP contribution < -0.4 is 5.32 Å². The van der Waals surface area contributed by atoms with E-state index in [1.807, 2.05) is 32.1 Å². The van der Waals surface area contributed by atoms with E-state index in [9.17, 15) is 18.0 Å². The molecule has 6 nitrogen and oxygen atoms in total. The minimum absolute atomic E-state index is 0.0481. The lowest BCUT2D eigenvalue weighted by Gasteiger charge is -2.31. The molecule has 35 heavy (non-hydrogen) atoms. The highest BCUT2D eigenvalue weighted by atomic mass is 19.2. The zero-order chi connectivity index (χ0) is 25.0. The number of nitrogens with one attached hydrogen (secondary N) is 1. The predicted molar refractivity (Wildman–Crippen MR) is 125 cm³/mol. The maximum atomic E-state index is 14.0. The summed E-state index contributed by atoms with van der Waals surface area (Å²) in [6, 6.07) is 4.62. The largest absolute Gasteiger partial charge is 0.438 e. The summed E-state index contributed by atoms with van der Waals surface area (Å²) in [5.41, 5.74) is 0.0697. The Morgan fingerprint density at radius 1 is 1.23 bits per heavy atom. The molecule has 1 N–H and O–H groups in total. The lowest BCUT2D eigenvalue weighted by Crippen LogP contribution is -2.39. The van der Waals surface area contributed by atoms with E-state index < -0.39 is 23.1 Å². The van der Waals surface area contributed by atoms with Gasteiger partial charge in [0.1, 0.15) is 17.2 Å². The van der Waals surface area contributed by atoms with E-state index in [1.54, 1.807) is 11.0 Å². The van der Waals surface area contributed by atoms with E-state index in [0.29, 0.717) is 30.9 Å². The van der Waals surface area contributed by atoms with Crippen LogP contribution in [-0.4, -0.2) is 45.9 Å². The average molecular weight is 485 g/mol. The predicted octanol–water partition coefficient (Wildman–Crippen LogP) is 5.48. The van der Waals surface area contributed by atoms with Crippen LogP contribution >= 0.6 is 0 Å². The summed E-state index contributed by atoms with van der Waals surface area (Å²) in [4.78, 5) is 14.6. The molecular weight excluding hydrogens is 457 g/mol. The number of allylic oxidation sites excluding steroid dienone is 2. The molecule has 9 heteroatoms. The zero-order valence-electron chi connectivity index (χ0n) is 19.8. The summed E-state index contributed by atoms with van der Waals surface area (Å²) >= 11 is 0. The van der Waals surface area contributed by atoms with Gasteiger partial charge in [0.2, 0.25) is 0 Å². The number of nitrogens with zero attached hydrogens (tertiary/aromatic N) is 3. The quantitative estimate of drug-likeness (QED) is 0.569. The molecule has 1 aromatic heterocycles. The van der Waals surface area contributed by atoms with Crippen LogP contribution in [0.1, 0.15) is 33.6 Å². The minimum atomic E-state index is -1.27. The fourth-order valence-corrected chi connectivity index (χ4v) is 5.39. The van der Waals surface area contributed by atoms with Crippen LogP contribution in [0.4, 0.5) is 23.8 Å². The number of carbonyl (C=O) groups is 1. The Hall–Kier alpha value is -3.36. The number of benzene rings is 1. The van der Waals surface area contributed by atoms with Crippen LogP contribution in [-0.2, 0) is 4.74 Å². The minimum Gasteiger partial charge on any atom is -0.438 e. The van der Waals surface area contributed by atoms with Crippen molar-refractivity contribution in [2.45, 2.75) is 45.3 Å². The highest BCUT2D eigenvalue weighted by Gasteiger charge is 2.51. The smallest absolute Gasteiger partial charge is 0.410 e. The molecule has 5 rings (SSSR count).